The monoisotopic (exact) mass is 399 g/mol. The van der Waals surface area contributed by atoms with Crippen molar-refractivity contribution >= 4 is 11.9 Å². The van der Waals surface area contributed by atoms with Crippen molar-refractivity contribution in [2.45, 2.75) is 51.1 Å². The van der Waals surface area contributed by atoms with Crippen LogP contribution >= 0.6 is 0 Å². The molecule has 2 aromatic heterocycles. The number of carbonyl (C=O) groups excluding carboxylic acids is 1. The van der Waals surface area contributed by atoms with Crippen LogP contribution in [-0.4, -0.2) is 50.6 Å². The molecule has 154 valence electrons. The maximum Gasteiger partial charge on any atom is 0.321 e. The van der Waals surface area contributed by atoms with E-state index in [1.807, 2.05) is 0 Å². The van der Waals surface area contributed by atoms with E-state index in [-0.39, 0.29) is 30.6 Å². The van der Waals surface area contributed by atoms with Crippen LogP contribution in [0.3, 0.4) is 0 Å². The molecule has 2 fully saturated rings. The minimum atomic E-state index is -0.313. The number of rotatable bonds is 7. The van der Waals surface area contributed by atoms with E-state index in [1.54, 1.807) is 0 Å². The molecule has 0 radical (unpaired) electrons. The number of carbonyl (C=O) groups is 1. The summed E-state index contributed by atoms with van der Waals surface area (Å²) in [5.74, 6) is 1.07. The molecule has 2 aliphatic rings. The number of amides is 1. The van der Waals surface area contributed by atoms with E-state index in [0.717, 1.165) is 44.5 Å². The topological polar surface area (TPSA) is 115 Å². The van der Waals surface area contributed by atoms with E-state index in [9.17, 15) is 9.59 Å². The fourth-order valence-electron chi connectivity index (χ4n) is 3.34. The van der Waals surface area contributed by atoms with Gasteiger partial charge >= 0.3 is 6.01 Å². The van der Waals surface area contributed by atoms with Gasteiger partial charge in [-0.25, -0.2) is 4.98 Å². The van der Waals surface area contributed by atoms with Crippen LogP contribution in [-0.2, 0) is 17.9 Å². The van der Waals surface area contributed by atoms with Gasteiger partial charge in [0.1, 0.15) is 6.54 Å². The molecule has 1 amide bonds. The number of ether oxygens (including phenoxy) is 1. The minimum Gasteiger partial charge on any atom is -0.467 e. The SMILES string of the molecule is COc1nc(CNC(=O)Cn2cnc(C3CC3)cc2=O)nc(N2CCCCC2)n1. The van der Waals surface area contributed by atoms with Gasteiger partial charge in [-0.3, -0.25) is 14.2 Å². The number of hydrogen-bond donors (Lipinski definition) is 1. The summed E-state index contributed by atoms with van der Waals surface area (Å²) in [6.07, 6.45) is 7.00. The first-order valence-electron chi connectivity index (χ1n) is 9.99. The van der Waals surface area contributed by atoms with Crippen LogP contribution in [0.2, 0.25) is 0 Å². The summed E-state index contributed by atoms with van der Waals surface area (Å²) >= 11 is 0. The molecule has 0 atom stereocenters. The third-order valence-corrected chi connectivity index (χ3v) is 5.12. The van der Waals surface area contributed by atoms with Crippen LogP contribution < -0.4 is 20.5 Å². The highest BCUT2D eigenvalue weighted by Gasteiger charge is 2.25. The number of nitrogens with zero attached hydrogens (tertiary/aromatic N) is 6. The first kappa shape index (κ1) is 19.3. The second kappa shape index (κ2) is 8.54. The third kappa shape index (κ3) is 4.87. The molecule has 1 N–H and O–H groups in total. The molecule has 2 aromatic rings. The van der Waals surface area contributed by atoms with Crippen molar-refractivity contribution in [3.8, 4) is 6.01 Å². The fourth-order valence-corrected chi connectivity index (χ4v) is 3.34. The van der Waals surface area contributed by atoms with Crippen molar-refractivity contribution in [3.63, 3.8) is 0 Å². The van der Waals surface area contributed by atoms with Gasteiger partial charge in [0.2, 0.25) is 11.9 Å². The molecule has 1 saturated carbocycles. The van der Waals surface area contributed by atoms with Gasteiger partial charge in [0.25, 0.3) is 5.56 Å². The number of nitrogens with one attached hydrogen (secondary N) is 1. The summed E-state index contributed by atoms with van der Waals surface area (Å²) < 4.78 is 6.48. The molecule has 10 nitrogen and oxygen atoms in total. The van der Waals surface area contributed by atoms with E-state index < -0.39 is 0 Å². The summed E-state index contributed by atoms with van der Waals surface area (Å²) in [6.45, 7) is 1.82. The quantitative estimate of drug-likeness (QED) is 0.721. The lowest BCUT2D eigenvalue weighted by atomic mass is 10.1. The van der Waals surface area contributed by atoms with Crippen LogP contribution in [0.1, 0.15) is 49.5 Å². The zero-order valence-electron chi connectivity index (χ0n) is 16.5. The zero-order chi connectivity index (χ0) is 20.2. The molecule has 0 unspecified atom stereocenters. The van der Waals surface area contributed by atoms with E-state index >= 15 is 0 Å². The summed E-state index contributed by atoms with van der Waals surface area (Å²) in [7, 11) is 1.50. The molecule has 0 bridgehead atoms. The molecule has 1 aliphatic heterocycles. The third-order valence-electron chi connectivity index (χ3n) is 5.12. The van der Waals surface area contributed by atoms with Gasteiger partial charge in [0.05, 0.1) is 25.7 Å². The van der Waals surface area contributed by atoms with E-state index in [4.69, 9.17) is 4.74 Å². The summed E-state index contributed by atoms with van der Waals surface area (Å²) in [4.78, 5) is 43.9. The molecule has 0 aromatic carbocycles. The Kier molecular flexibility index (Phi) is 5.68. The van der Waals surface area contributed by atoms with Crippen LogP contribution in [0.4, 0.5) is 5.95 Å². The van der Waals surface area contributed by atoms with Crippen molar-refractivity contribution in [1.82, 2.24) is 29.8 Å². The second-order valence-corrected chi connectivity index (χ2v) is 7.42. The smallest absolute Gasteiger partial charge is 0.321 e. The molecule has 1 aliphatic carbocycles. The zero-order valence-corrected chi connectivity index (χ0v) is 16.5. The Morgan fingerprint density at radius 2 is 2.00 bits per heavy atom. The molecular weight excluding hydrogens is 374 g/mol. The maximum absolute atomic E-state index is 12.3. The average molecular weight is 399 g/mol. The fraction of sp³-hybridized carbons (Fsp3) is 0.579. The maximum atomic E-state index is 12.3. The van der Waals surface area contributed by atoms with Gasteiger partial charge in [-0.05, 0) is 32.1 Å². The van der Waals surface area contributed by atoms with Gasteiger partial charge in [-0.2, -0.15) is 15.0 Å². The van der Waals surface area contributed by atoms with Gasteiger partial charge in [0, 0.05) is 25.1 Å². The minimum absolute atomic E-state index is 0.0992. The lowest BCUT2D eigenvalue weighted by Crippen LogP contribution is -2.33. The number of anilines is 1. The van der Waals surface area contributed by atoms with Gasteiger partial charge < -0.3 is 15.0 Å². The molecule has 10 heteroatoms. The highest BCUT2D eigenvalue weighted by Crippen LogP contribution is 2.38. The predicted molar refractivity (Wildman–Crippen MR) is 105 cm³/mol. The van der Waals surface area contributed by atoms with Gasteiger partial charge in [0.15, 0.2) is 5.82 Å². The first-order valence-corrected chi connectivity index (χ1v) is 9.99. The summed E-state index contributed by atoms with van der Waals surface area (Å²) in [5.41, 5.74) is 0.598. The number of aromatic nitrogens is 5. The Labute approximate surface area is 168 Å². The van der Waals surface area contributed by atoms with Crippen molar-refractivity contribution in [2.24, 2.45) is 0 Å². The lowest BCUT2D eigenvalue weighted by Gasteiger charge is -2.26. The molecule has 3 heterocycles. The summed E-state index contributed by atoms with van der Waals surface area (Å²) in [6, 6.07) is 1.74. The second-order valence-electron chi connectivity index (χ2n) is 7.42. The summed E-state index contributed by atoms with van der Waals surface area (Å²) in [5, 5.41) is 2.75. The van der Waals surface area contributed by atoms with Crippen LogP contribution in [0.25, 0.3) is 0 Å². The predicted octanol–water partition coefficient (Wildman–Crippen LogP) is 0.621. The Hall–Kier alpha value is -3.04. The Morgan fingerprint density at radius 3 is 2.69 bits per heavy atom. The van der Waals surface area contributed by atoms with Crippen LogP contribution in [0, 0.1) is 0 Å². The number of methoxy groups -OCH3 is 1. The normalized spacial score (nSPS) is 16.5. The largest absolute Gasteiger partial charge is 0.467 e. The van der Waals surface area contributed by atoms with Crippen LogP contribution in [0.15, 0.2) is 17.2 Å². The van der Waals surface area contributed by atoms with E-state index in [0.29, 0.717) is 17.7 Å². The highest BCUT2D eigenvalue weighted by atomic mass is 16.5. The van der Waals surface area contributed by atoms with Crippen molar-refractivity contribution in [2.75, 3.05) is 25.1 Å². The van der Waals surface area contributed by atoms with E-state index in [1.165, 1.54) is 30.5 Å². The first-order chi connectivity index (χ1) is 14.1. The van der Waals surface area contributed by atoms with Crippen molar-refractivity contribution in [1.29, 1.82) is 0 Å². The Balaban J connectivity index is 1.38. The molecule has 4 rings (SSSR count). The lowest BCUT2D eigenvalue weighted by molar-refractivity contribution is -0.121. The molecule has 1 saturated heterocycles. The van der Waals surface area contributed by atoms with Gasteiger partial charge in [-0.15, -0.1) is 0 Å². The number of hydrogen-bond acceptors (Lipinski definition) is 8. The van der Waals surface area contributed by atoms with E-state index in [2.05, 4.69) is 30.2 Å². The van der Waals surface area contributed by atoms with Crippen molar-refractivity contribution in [3.05, 3.63) is 34.3 Å². The molecular formula is C19H25N7O3. The highest BCUT2D eigenvalue weighted by molar-refractivity contribution is 5.75. The Morgan fingerprint density at radius 1 is 1.21 bits per heavy atom. The van der Waals surface area contributed by atoms with Gasteiger partial charge in [-0.1, -0.05) is 0 Å². The number of piperidine rings is 1. The van der Waals surface area contributed by atoms with Crippen LogP contribution in [0.5, 0.6) is 6.01 Å². The molecule has 29 heavy (non-hydrogen) atoms. The molecule has 0 spiro atoms. The Bertz CT molecular complexity index is 936. The average Bonchev–Trinajstić information content (AvgIpc) is 3.59. The van der Waals surface area contributed by atoms with Crippen molar-refractivity contribution < 1.29 is 9.53 Å². The standard InChI is InChI=1S/C19H25N7O3/c1-29-19-23-15(22-18(24-19)25-7-3-2-4-8-25)10-20-16(27)11-26-12-21-14(9-17(26)28)13-5-6-13/h9,12-13H,2-8,10-11H2,1H3,(H,20,27).